The van der Waals surface area contributed by atoms with Gasteiger partial charge < -0.3 is 9.84 Å². The quantitative estimate of drug-likeness (QED) is 0.434. The summed E-state index contributed by atoms with van der Waals surface area (Å²) in [6, 6.07) is 15.9. The van der Waals surface area contributed by atoms with Crippen LogP contribution in [0.4, 0.5) is 4.39 Å². The third-order valence-electron chi connectivity index (χ3n) is 5.95. The van der Waals surface area contributed by atoms with Gasteiger partial charge >= 0.3 is 0 Å². The average molecular weight is 453 g/mol. The molecule has 3 aromatic carbocycles. The Hall–Kier alpha value is -2.56. The molecule has 0 unspecified atom stereocenters. The summed E-state index contributed by atoms with van der Waals surface area (Å²) in [6.07, 6.45) is 3.69. The van der Waals surface area contributed by atoms with Crippen LogP contribution in [0, 0.1) is 19.3 Å². The van der Waals surface area contributed by atoms with Crippen molar-refractivity contribution in [2.24, 2.45) is 0 Å². The summed E-state index contributed by atoms with van der Waals surface area (Å²) >= 11 is 6.62. The highest BCUT2D eigenvalue weighted by atomic mass is 35.5. The Morgan fingerprint density at radius 2 is 1.72 bits per heavy atom. The summed E-state index contributed by atoms with van der Waals surface area (Å²) in [5.74, 6) is 0.742. The molecular weight excluding hydrogens is 425 g/mol. The van der Waals surface area contributed by atoms with E-state index in [-0.39, 0.29) is 11.6 Å². The van der Waals surface area contributed by atoms with Crippen molar-refractivity contribution in [3.05, 3.63) is 99.8 Å². The highest BCUT2D eigenvalue weighted by Crippen LogP contribution is 2.30. The fourth-order valence-electron chi connectivity index (χ4n) is 4.13. The van der Waals surface area contributed by atoms with Crippen molar-refractivity contribution in [3.8, 4) is 11.5 Å². The normalized spacial score (nSPS) is 14.1. The minimum Gasteiger partial charge on any atom is -0.508 e. The zero-order chi connectivity index (χ0) is 22.5. The summed E-state index contributed by atoms with van der Waals surface area (Å²) in [5.41, 5.74) is 4.92. The molecule has 0 bridgehead atoms. The molecular formula is C27H28ClFNO2. The molecule has 1 fully saturated rings. The van der Waals surface area contributed by atoms with Crippen LogP contribution in [-0.4, -0.2) is 29.7 Å². The lowest BCUT2D eigenvalue weighted by atomic mass is 9.96. The largest absolute Gasteiger partial charge is 0.508 e. The predicted molar refractivity (Wildman–Crippen MR) is 127 cm³/mol. The summed E-state index contributed by atoms with van der Waals surface area (Å²) in [6.45, 7) is 6.91. The number of nitrogens with zero attached hydrogens (tertiary/aromatic N) is 1. The van der Waals surface area contributed by atoms with E-state index < -0.39 is 0 Å². The van der Waals surface area contributed by atoms with Gasteiger partial charge in [0.05, 0.1) is 6.54 Å². The number of phenolic OH excluding ortho intramolecular Hbond substituents is 1. The van der Waals surface area contributed by atoms with Crippen LogP contribution in [0.1, 0.15) is 40.7 Å². The maximum absolute atomic E-state index is 13.2. The van der Waals surface area contributed by atoms with Gasteiger partial charge in [0, 0.05) is 11.4 Å². The number of ether oxygens (including phenoxy) is 1. The first-order valence-electron chi connectivity index (χ1n) is 11.0. The molecule has 4 rings (SSSR count). The van der Waals surface area contributed by atoms with Crippen LogP contribution in [-0.2, 0) is 12.8 Å². The number of halogens is 2. The third-order valence-corrected chi connectivity index (χ3v) is 6.29. The fourth-order valence-corrected chi connectivity index (χ4v) is 4.45. The van der Waals surface area contributed by atoms with Crippen LogP contribution in [0.3, 0.4) is 0 Å². The Labute approximate surface area is 194 Å². The van der Waals surface area contributed by atoms with Crippen molar-refractivity contribution in [1.82, 2.24) is 4.90 Å². The van der Waals surface area contributed by atoms with E-state index in [9.17, 15) is 9.50 Å². The van der Waals surface area contributed by atoms with Crippen LogP contribution in [0.15, 0.2) is 54.6 Å². The monoisotopic (exact) mass is 452 g/mol. The van der Waals surface area contributed by atoms with Gasteiger partial charge in [-0.05, 0) is 97.4 Å². The van der Waals surface area contributed by atoms with E-state index in [2.05, 4.69) is 11.4 Å². The van der Waals surface area contributed by atoms with Crippen LogP contribution >= 0.6 is 11.6 Å². The van der Waals surface area contributed by atoms with Gasteiger partial charge in [0.15, 0.2) is 0 Å². The highest BCUT2D eigenvalue weighted by molar-refractivity contribution is 6.31. The van der Waals surface area contributed by atoms with Gasteiger partial charge in [-0.2, -0.15) is 0 Å². The Balaban J connectivity index is 1.44. The zero-order valence-electron chi connectivity index (χ0n) is 18.3. The number of phenols is 1. The maximum atomic E-state index is 13.2. The van der Waals surface area contributed by atoms with E-state index in [1.165, 1.54) is 25.0 Å². The van der Waals surface area contributed by atoms with Crippen molar-refractivity contribution in [3.63, 3.8) is 0 Å². The molecule has 1 radical (unpaired) electrons. The van der Waals surface area contributed by atoms with E-state index >= 15 is 0 Å². The molecule has 0 amide bonds. The molecule has 1 N–H and O–H groups in total. The Morgan fingerprint density at radius 3 is 2.44 bits per heavy atom. The van der Waals surface area contributed by atoms with Gasteiger partial charge in [0.25, 0.3) is 0 Å². The number of benzene rings is 3. The molecule has 1 heterocycles. The zero-order valence-corrected chi connectivity index (χ0v) is 19.0. The lowest BCUT2D eigenvalue weighted by Crippen LogP contribution is -2.19. The molecule has 1 aliphatic rings. The van der Waals surface area contributed by atoms with E-state index in [0.29, 0.717) is 24.5 Å². The van der Waals surface area contributed by atoms with Crippen LogP contribution in [0.5, 0.6) is 11.5 Å². The van der Waals surface area contributed by atoms with Gasteiger partial charge in [0.2, 0.25) is 0 Å². The SMILES string of the molecule is Cc1cc(OC[CH]N2CCCC2)cc(Cl)c1Cc1ccc(O)c(Cc2ccc(F)cc2)c1. The molecule has 3 nitrogen and oxygen atoms in total. The smallest absolute Gasteiger partial charge is 0.123 e. The first kappa shape index (κ1) is 22.6. The van der Waals surface area contributed by atoms with Crippen molar-refractivity contribution < 1.29 is 14.2 Å². The number of hydrogen-bond acceptors (Lipinski definition) is 3. The van der Waals surface area contributed by atoms with Crippen molar-refractivity contribution in [2.45, 2.75) is 32.6 Å². The summed E-state index contributed by atoms with van der Waals surface area (Å²) in [5, 5.41) is 11.0. The summed E-state index contributed by atoms with van der Waals surface area (Å²) in [7, 11) is 0. The first-order chi connectivity index (χ1) is 15.5. The van der Waals surface area contributed by atoms with Crippen LogP contribution in [0.25, 0.3) is 0 Å². The minimum absolute atomic E-state index is 0.235. The standard InChI is InChI=1S/C27H28ClFNO2/c1-19-14-24(32-13-12-30-10-2-3-11-30)18-26(28)25(19)17-21-6-9-27(31)22(16-21)15-20-4-7-23(29)8-5-20/h4-9,12,14,16,18,31H,2-3,10-11,13,15,17H2,1H3. The van der Waals surface area contributed by atoms with Gasteiger partial charge in [-0.1, -0.05) is 35.9 Å². The van der Waals surface area contributed by atoms with Crippen molar-refractivity contribution in [2.75, 3.05) is 19.7 Å². The van der Waals surface area contributed by atoms with Gasteiger partial charge in [-0.15, -0.1) is 0 Å². The molecule has 3 aromatic rings. The van der Waals surface area contributed by atoms with Crippen LogP contribution in [0.2, 0.25) is 5.02 Å². The van der Waals surface area contributed by atoms with Gasteiger partial charge in [-0.25, -0.2) is 4.39 Å². The molecule has 1 saturated heterocycles. The molecule has 32 heavy (non-hydrogen) atoms. The Bertz CT molecular complexity index is 1040. The second kappa shape index (κ2) is 10.4. The van der Waals surface area contributed by atoms with E-state index in [4.69, 9.17) is 16.3 Å². The minimum atomic E-state index is -0.266. The number of aromatic hydroxyl groups is 1. The van der Waals surface area contributed by atoms with E-state index in [1.54, 1.807) is 18.2 Å². The fraction of sp³-hybridized carbons (Fsp3) is 0.296. The van der Waals surface area contributed by atoms with Crippen molar-refractivity contribution in [1.29, 1.82) is 0 Å². The second-order valence-electron chi connectivity index (χ2n) is 8.38. The third kappa shape index (κ3) is 5.81. The molecule has 0 aromatic heterocycles. The number of aryl methyl sites for hydroxylation is 1. The molecule has 0 saturated carbocycles. The second-order valence-corrected chi connectivity index (χ2v) is 8.79. The topological polar surface area (TPSA) is 32.7 Å². The Morgan fingerprint density at radius 1 is 1.00 bits per heavy atom. The number of hydrogen-bond donors (Lipinski definition) is 1. The number of likely N-dealkylation sites (tertiary alicyclic amines) is 1. The Kier molecular flexibility index (Phi) is 7.33. The highest BCUT2D eigenvalue weighted by Gasteiger charge is 2.13. The molecule has 0 aliphatic carbocycles. The van der Waals surface area contributed by atoms with Gasteiger partial charge in [-0.3, -0.25) is 4.90 Å². The van der Waals surface area contributed by atoms with Crippen LogP contribution < -0.4 is 4.74 Å². The van der Waals surface area contributed by atoms with E-state index in [0.717, 1.165) is 46.7 Å². The summed E-state index contributed by atoms with van der Waals surface area (Å²) in [4.78, 5) is 2.30. The summed E-state index contributed by atoms with van der Waals surface area (Å²) < 4.78 is 19.1. The average Bonchev–Trinajstić information content (AvgIpc) is 3.28. The molecule has 1 aliphatic heterocycles. The maximum Gasteiger partial charge on any atom is 0.123 e. The number of rotatable bonds is 8. The van der Waals surface area contributed by atoms with E-state index in [1.807, 2.05) is 31.2 Å². The predicted octanol–water partition coefficient (Wildman–Crippen LogP) is 6.31. The lowest BCUT2D eigenvalue weighted by molar-refractivity contribution is 0.284. The molecule has 0 spiro atoms. The van der Waals surface area contributed by atoms with Gasteiger partial charge in [0.1, 0.15) is 23.9 Å². The molecule has 0 atom stereocenters. The lowest BCUT2D eigenvalue weighted by Gasteiger charge is -2.16. The molecule has 167 valence electrons. The first-order valence-corrected chi connectivity index (χ1v) is 11.4. The van der Waals surface area contributed by atoms with Crippen molar-refractivity contribution >= 4 is 11.6 Å². The molecule has 5 heteroatoms.